The minimum absolute atomic E-state index is 0.161. The predicted octanol–water partition coefficient (Wildman–Crippen LogP) is 4.92. The van der Waals surface area contributed by atoms with E-state index in [0.29, 0.717) is 6.42 Å². The number of carbonyl (C=O) groups is 1. The van der Waals surface area contributed by atoms with E-state index in [2.05, 4.69) is 52.1 Å². The topological polar surface area (TPSA) is 53.1 Å². The molecule has 0 atom stereocenters. The Labute approximate surface area is 137 Å². The third-order valence-electron chi connectivity index (χ3n) is 3.79. The molecule has 3 rings (SSSR count). The van der Waals surface area contributed by atoms with Gasteiger partial charge in [0.15, 0.2) is 0 Å². The number of hydrogen-bond acceptors (Lipinski definition) is 1. The fourth-order valence-electron chi connectivity index (χ4n) is 2.66. The smallest absolute Gasteiger partial charge is 0.303 e. The van der Waals surface area contributed by atoms with Crippen LogP contribution < -0.4 is 0 Å². The number of aliphatic carboxylic acids is 1. The number of nitrogens with one attached hydrogen (secondary N) is 1. The van der Waals surface area contributed by atoms with Crippen molar-refractivity contribution >= 4 is 32.8 Å². The Morgan fingerprint density at radius 2 is 2.00 bits per heavy atom. The number of rotatable bonds is 4. The Morgan fingerprint density at radius 1 is 1.18 bits per heavy atom. The van der Waals surface area contributed by atoms with Gasteiger partial charge in [-0.2, -0.15) is 0 Å². The molecule has 0 bridgehead atoms. The molecule has 0 fully saturated rings. The first-order valence-electron chi connectivity index (χ1n) is 7.13. The zero-order chi connectivity index (χ0) is 15.7. The summed E-state index contributed by atoms with van der Waals surface area (Å²) in [5.74, 6) is -0.764. The van der Waals surface area contributed by atoms with Crippen LogP contribution in [0.1, 0.15) is 17.5 Å². The van der Waals surface area contributed by atoms with Gasteiger partial charge in [0.1, 0.15) is 0 Å². The molecule has 0 saturated heterocycles. The number of benzene rings is 2. The predicted molar refractivity (Wildman–Crippen MR) is 92.1 cm³/mol. The first-order valence-corrected chi connectivity index (χ1v) is 7.92. The van der Waals surface area contributed by atoms with Gasteiger partial charge < -0.3 is 10.1 Å². The average Bonchev–Trinajstić information content (AvgIpc) is 2.87. The van der Waals surface area contributed by atoms with E-state index in [1.54, 1.807) is 0 Å². The van der Waals surface area contributed by atoms with Crippen molar-refractivity contribution in [2.24, 2.45) is 0 Å². The van der Waals surface area contributed by atoms with Crippen molar-refractivity contribution in [3.8, 4) is 11.3 Å². The maximum Gasteiger partial charge on any atom is 0.303 e. The van der Waals surface area contributed by atoms with Crippen LogP contribution in [0, 0.1) is 6.92 Å². The zero-order valence-electron chi connectivity index (χ0n) is 12.2. The number of carboxylic acid groups (broad SMARTS) is 1. The van der Waals surface area contributed by atoms with Crippen molar-refractivity contribution in [2.45, 2.75) is 19.8 Å². The van der Waals surface area contributed by atoms with E-state index in [0.717, 1.165) is 26.6 Å². The largest absolute Gasteiger partial charge is 0.481 e. The van der Waals surface area contributed by atoms with E-state index in [1.165, 1.54) is 11.1 Å². The first kappa shape index (κ1) is 14.9. The second kappa shape index (κ2) is 5.97. The van der Waals surface area contributed by atoms with E-state index in [9.17, 15) is 4.79 Å². The highest BCUT2D eigenvalue weighted by atomic mass is 79.9. The lowest BCUT2D eigenvalue weighted by molar-refractivity contribution is -0.136. The van der Waals surface area contributed by atoms with Crippen LogP contribution in [-0.2, 0) is 11.2 Å². The molecule has 1 aromatic heterocycles. The number of fused-ring (bicyclic) bond motifs is 1. The highest BCUT2D eigenvalue weighted by molar-refractivity contribution is 9.10. The van der Waals surface area contributed by atoms with E-state index in [4.69, 9.17) is 5.11 Å². The van der Waals surface area contributed by atoms with Crippen LogP contribution in [0.3, 0.4) is 0 Å². The van der Waals surface area contributed by atoms with E-state index < -0.39 is 5.97 Å². The van der Waals surface area contributed by atoms with Gasteiger partial charge >= 0.3 is 5.97 Å². The van der Waals surface area contributed by atoms with Gasteiger partial charge in [-0.1, -0.05) is 28.1 Å². The molecule has 1 heterocycles. The molecule has 0 aliphatic carbocycles. The Hall–Kier alpha value is -2.07. The third kappa shape index (κ3) is 3.07. The highest BCUT2D eigenvalue weighted by Crippen LogP contribution is 2.29. The summed E-state index contributed by atoms with van der Waals surface area (Å²) in [6.45, 7) is 2.09. The summed E-state index contributed by atoms with van der Waals surface area (Å²) in [6.07, 6.45) is 0.720. The molecule has 0 amide bonds. The summed E-state index contributed by atoms with van der Waals surface area (Å²) in [4.78, 5) is 14.1. The lowest BCUT2D eigenvalue weighted by Gasteiger charge is -2.03. The Kier molecular flexibility index (Phi) is 4.03. The van der Waals surface area contributed by atoms with Crippen LogP contribution in [0.5, 0.6) is 0 Å². The van der Waals surface area contributed by atoms with Gasteiger partial charge in [0.05, 0.1) is 0 Å². The number of aryl methyl sites for hydroxylation is 2. The molecule has 0 spiro atoms. The monoisotopic (exact) mass is 357 g/mol. The maximum absolute atomic E-state index is 10.7. The number of hydrogen-bond donors (Lipinski definition) is 2. The van der Waals surface area contributed by atoms with Crippen molar-refractivity contribution in [1.29, 1.82) is 0 Å². The van der Waals surface area contributed by atoms with Crippen LogP contribution in [0.25, 0.3) is 22.2 Å². The van der Waals surface area contributed by atoms with Crippen molar-refractivity contribution in [2.75, 3.05) is 0 Å². The number of carboxylic acids is 1. The van der Waals surface area contributed by atoms with Gasteiger partial charge in [-0.15, -0.1) is 0 Å². The van der Waals surface area contributed by atoms with Crippen LogP contribution in [0.2, 0.25) is 0 Å². The second-order valence-corrected chi connectivity index (χ2v) is 6.37. The molecule has 0 saturated carbocycles. The molecule has 2 aromatic carbocycles. The zero-order valence-corrected chi connectivity index (χ0v) is 13.8. The summed E-state index contributed by atoms with van der Waals surface area (Å²) in [7, 11) is 0. The first-order chi connectivity index (χ1) is 10.5. The molecule has 0 radical (unpaired) electrons. The molecule has 22 heavy (non-hydrogen) atoms. The molecule has 3 aromatic rings. The van der Waals surface area contributed by atoms with E-state index in [-0.39, 0.29) is 6.42 Å². The molecule has 112 valence electrons. The molecule has 0 aliphatic rings. The molecule has 3 nitrogen and oxygen atoms in total. The minimum Gasteiger partial charge on any atom is -0.481 e. The standard InChI is InChI=1S/C18H16BrNO2/c1-11-8-14(19)4-5-15(11)17-10-13-9-12(3-7-18(21)22)2-6-16(13)20-17/h2,4-6,8-10,20H,3,7H2,1H3,(H,21,22). The molecular weight excluding hydrogens is 342 g/mol. The summed E-state index contributed by atoms with van der Waals surface area (Å²) in [5.41, 5.74) is 5.57. The summed E-state index contributed by atoms with van der Waals surface area (Å²) in [5, 5.41) is 9.90. The van der Waals surface area contributed by atoms with Crippen molar-refractivity contribution < 1.29 is 9.90 Å². The van der Waals surface area contributed by atoms with Gasteiger partial charge in [0.25, 0.3) is 0 Å². The molecule has 2 N–H and O–H groups in total. The van der Waals surface area contributed by atoms with Gasteiger partial charge in [-0.05, 0) is 54.8 Å². The molecule has 0 unspecified atom stereocenters. The van der Waals surface area contributed by atoms with Gasteiger partial charge in [0.2, 0.25) is 0 Å². The van der Waals surface area contributed by atoms with E-state index in [1.807, 2.05) is 18.2 Å². The van der Waals surface area contributed by atoms with Crippen LogP contribution in [0.4, 0.5) is 0 Å². The Bertz CT molecular complexity index is 851. The SMILES string of the molecule is Cc1cc(Br)ccc1-c1cc2cc(CCC(=O)O)ccc2[nH]1. The third-order valence-corrected chi connectivity index (χ3v) is 4.28. The molecular formula is C18H16BrNO2. The quantitative estimate of drug-likeness (QED) is 0.695. The lowest BCUT2D eigenvalue weighted by Crippen LogP contribution is -1.96. The van der Waals surface area contributed by atoms with E-state index >= 15 is 0 Å². The van der Waals surface area contributed by atoms with Gasteiger partial charge in [-0.3, -0.25) is 4.79 Å². The normalized spacial score (nSPS) is 11.0. The highest BCUT2D eigenvalue weighted by Gasteiger charge is 2.07. The van der Waals surface area contributed by atoms with Gasteiger partial charge in [0, 0.05) is 33.1 Å². The summed E-state index contributed by atoms with van der Waals surface area (Å²) >= 11 is 3.48. The van der Waals surface area contributed by atoms with Gasteiger partial charge in [-0.25, -0.2) is 0 Å². The average molecular weight is 358 g/mol. The molecule has 0 aliphatic heterocycles. The fraction of sp³-hybridized carbons (Fsp3) is 0.167. The van der Waals surface area contributed by atoms with Crippen molar-refractivity contribution in [3.05, 3.63) is 58.1 Å². The van der Waals surface area contributed by atoms with Crippen LogP contribution in [-0.4, -0.2) is 16.1 Å². The Morgan fingerprint density at radius 3 is 2.73 bits per heavy atom. The number of aromatic nitrogens is 1. The minimum atomic E-state index is -0.764. The Balaban J connectivity index is 1.97. The second-order valence-electron chi connectivity index (χ2n) is 5.46. The van der Waals surface area contributed by atoms with Crippen molar-refractivity contribution in [1.82, 2.24) is 4.98 Å². The van der Waals surface area contributed by atoms with Crippen molar-refractivity contribution in [3.63, 3.8) is 0 Å². The molecule has 4 heteroatoms. The maximum atomic E-state index is 10.7. The number of halogens is 1. The lowest BCUT2D eigenvalue weighted by atomic mass is 10.1. The number of H-pyrrole nitrogens is 1. The summed E-state index contributed by atoms with van der Waals surface area (Å²) in [6, 6.07) is 14.4. The van der Waals surface area contributed by atoms with Crippen LogP contribution >= 0.6 is 15.9 Å². The van der Waals surface area contributed by atoms with Crippen LogP contribution in [0.15, 0.2) is 46.9 Å². The number of aromatic amines is 1. The summed E-state index contributed by atoms with van der Waals surface area (Å²) < 4.78 is 1.07. The fourth-order valence-corrected chi connectivity index (χ4v) is 3.14.